The summed E-state index contributed by atoms with van der Waals surface area (Å²) in [5.41, 5.74) is 0.487. The van der Waals surface area contributed by atoms with Gasteiger partial charge in [-0.25, -0.2) is 4.98 Å². The highest BCUT2D eigenvalue weighted by Gasteiger charge is 2.31. The first-order chi connectivity index (χ1) is 14.8. The lowest BCUT2D eigenvalue weighted by molar-refractivity contribution is -0.137. The van der Waals surface area contributed by atoms with Crippen LogP contribution >= 0.6 is 0 Å². The predicted molar refractivity (Wildman–Crippen MR) is 108 cm³/mol. The Bertz CT molecular complexity index is 1210. The summed E-state index contributed by atoms with van der Waals surface area (Å²) in [6.07, 6.45) is -2.94. The van der Waals surface area contributed by atoms with E-state index in [1.807, 2.05) is 0 Å². The number of rotatable bonds is 6. The van der Waals surface area contributed by atoms with Gasteiger partial charge in [0.15, 0.2) is 0 Å². The molecule has 160 valence electrons. The molecule has 2 aromatic carbocycles. The molecule has 0 unspecified atom stereocenters. The van der Waals surface area contributed by atoms with Crippen LogP contribution in [0.1, 0.15) is 16.9 Å². The molecule has 4 aromatic rings. The molecule has 0 saturated heterocycles. The minimum atomic E-state index is -4.49. The monoisotopic (exact) mass is 429 g/mol. The molecule has 1 N–H and O–H groups in total. The number of fused-ring (bicyclic) bond motifs is 1. The number of furan rings is 1. The van der Waals surface area contributed by atoms with E-state index in [9.17, 15) is 18.0 Å². The van der Waals surface area contributed by atoms with Crippen molar-refractivity contribution >= 4 is 22.9 Å². The van der Waals surface area contributed by atoms with Gasteiger partial charge in [0.05, 0.1) is 42.9 Å². The van der Waals surface area contributed by atoms with Gasteiger partial charge in [0.1, 0.15) is 11.5 Å². The third-order valence-electron chi connectivity index (χ3n) is 4.72. The first kappa shape index (κ1) is 20.5. The lowest BCUT2D eigenvalue weighted by Gasteiger charge is -2.10. The second kappa shape index (κ2) is 8.17. The first-order valence-corrected chi connectivity index (χ1v) is 9.36. The molecule has 9 heteroatoms. The summed E-state index contributed by atoms with van der Waals surface area (Å²) >= 11 is 0. The van der Waals surface area contributed by atoms with E-state index in [0.29, 0.717) is 17.0 Å². The van der Waals surface area contributed by atoms with Gasteiger partial charge in [0.25, 0.3) is 0 Å². The summed E-state index contributed by atoms with van der Waals surface area (Å²) in [6.45, 7) is 0.198. The van der Waals surface area contributed by atoms with Crippen molar-refractivity contribution in [2.24, 2.45) is 0 Å². The Balaban J connectivity index is 1.66. The van der Waals surface area contributed by atoms with E-state index in [1.165, 1.54) is 19.4 Å². The maximum atomic E-state index is 13.1. The van der Waals surface area contributed by atoms with E-state index in [0.717, 1.165) is 17.7 Å². The predicted octanol–water partition coefficient (Wildman–Crippen LogP) is 4.89. The Labute approximate surface area is 175 Å². The first-order valence-electron chi connectivity index (χ1n) is 9.36. The fourth-order valence-corrected chi connectivity index (χ4v) is 3.26. The van der Waals surface area contributed by atoms with Crippen LogP contribution in [0.2, 0.25) is 0 Å². The highest BCUT2D eigenvalue weighted by molar-refractivity contribution is 5.93. The number of benzene rings is 2. The van der Waals surface area contributed by atoms with E-state index in [-0.39, 0.29) is 30.3 Å². The molecule has 0 aliphatic rings. The molecular weight excluding hydrogens is 411 g/mol. The minimum absolute atomic E-state index is 0.0506. The van der Waals surface area contributed by atoms with Crippen molar-refractivity contribution in [1.29, 1.82) is 0 Å². The summed E-state index contributed by atoms with van der Waals surface area (Å²) in [6, 6.07) is 13.8. The fraction of sp³-hybridized carbons (Fsp3) is 0.182. The van der Waals surface area contributed by atoms with Gasteiger partial charge in [0.2, 0.25) is 11.9 Å². The van der Waals surface area contributed by atoms with Crippen molar-refractivity contribution in [3.05, 3.63) is 77.7 Å². The maximum Gasteiger partial charge on any atom is 0.416 e. The van der Waals surface area contributed by atoms with Crippen LogP contribution in [-0.2, 0) is 23.9 Å². The standard InChI is InChI=1S/C22H18F3N3O3/c1-30-16-5-2-4-14(10-16)11-20(29)27-21-26-18-12-15(22(23,24)25)7-8-19(18)28(21)13-17-6-3-9-31-17/h2-10,12H,11,13H2,1H3,(H,26,27,29). The number of aromatic nitrogens is 2. The maximum absolute atomic E-state index is 13.1. The molecule has 4 rings (SSSR count). The van der Waals surface area contributed by atoms with Crippen LogP contribution in [0, 0.1) is 0 Å². The lowest BCUT2D eigenvalue weighted by atomic mass is 10.1. The Hall–Kier alpha value is -3.75. The molecular formula is C22H18F3N3O3. The Morgan fingerprint density at radius 2 is 2.00 bits per heavy atom. The summed E-state index contributed by atoms with van der Waals surface area (Å²) in [5.74, 6) is 0.969. The van der Waals surface area contributed by atoms with E-state index in [4.69, 9.17) is 9.15 Å². The largest absolute Gasteiger partial charge is 0.497 e. The summed E-state index contributed by atoms with van der Waals surface area (Å²) < 4.78 is 51.5. The van der Waals surface area contributed by atoms with Crippen LogP contribution in [0.3, 0.4) is 0 Å². The van der Waals surface area contributed by atoms with Crippen LogP contribution in [-0.4, -0.2) is 22.6 Å². The van der Waals surface area contributed by atoms with Gasteiger partial charge in [0, 0.05) is 0 Å². The normalized spacial score (nSPS) is 11.6. The summed E-state index contributed by atoms with van der Waals surface area (Å²) in [4.78, 5) is 16.9. The second-order valence-corrected chi connectivity index (χ2v) is 6.88. The van der Waals surface area contributed by atoms with E-state index in [2.05, 4.69) is 10.3 Å². The topological polar surface area (TPSA) is 69.3 Å². The van der Waals surface area contributed by atoms with E-state index < -0.39 is 11.7 Å². The number of carbonyl (C=O) groups is 1. The molecule has 6 nitrogen and oxygen atoms in total. The number of hydrogen-bond donors (Lipinski definition) is 1. The number of carbonyl (C=O) groups excluding carboxylic acids is 1. The zero-order chi connectivity index (χ0) is 22.0. The van der Waals surface area contributed by atoms with Crippen molar-refractivity contribution in [3.8, 4) is 5.75 Å². The van der Waals surface area contributed by atoms with Crippen molar-refractivity contribution in [3.63, 3.8) is 0 Å². The van der Waals surface area contributed by atoms with Crippen molar-refractivity contribution in [1.82, 2.24) is 9.55 Å². The third-order valence-corrected chi connectivity index (χ3v) is 4.72. The molecule has 0 aliphatic carbocycles. The molecule has 1 amide bonds. The van der Waals surface area contributed by atoms with Gasteiger partial charge in [-0.1, -0.05) is 12.1 Å². The molecule has 0 atom stereocenters. The number of halogens is 3. The van der Waals surface area contributed by atoms with Gasteiger partial charge < -0.3 is 13.7 Å². The minimum Gasteiger partial charge on any atom is -0.497 e. The average Bonchev–Trinajstić information content (AvgIpc) is 3.35. The lowest BCUT2D eigenvalue weighted by Crippen LogP contribution is -2.18. The van der Waals surface area contributed by atoms with Crippen LogP contribution in [0.25, 0.3) is 11.0 Å². The molecule has 0 spiro atoms. The van der Waals surface area contributed by atoms with Crippen LogP contribution < -0.4 is 10.1 Å². The summed E-state index contributed by atoms with van der Waals surface area (Å²) in [7, 11) is 1.53. The Kier molecular flexibility index (Phi) is 5.41. The Morgan fingerprint density at radius 1 is 1.16 bits per heavy atom. The number of nitrogens with zero attached hydrogens (tertiary/aromatic N) is 2. The number of methoxy groups -OCH3 is 1. The third kappa shape index (κ3) is 4.55. The van der Waals surface area contributed by atoms with Gasteiger partial charge in [-0.15, -0.1) is 0 Å². The second-order valence-electron chi connectivity index (χ2n) is 6.88. The molecule has 0 bridgehead atoms. The van der Waals surface area contributed by atoms with Gasteiger partial charge in [-0.2, -0.15) is 13.2 Å². The zero-order valence-corrected chi connectivity index (χ0v) is 16.4. The number of alkyl halides is 3. The van der Waals surface area contributed by atoms with Crippen molar-refractivity contribution < 1.29 is 27.1 Å². The quantitative estimate of drug-likeness (QED) is 0.474. The summed E-state index contributed by atoms with van der Waals surface area (Å²) in [5, 5.41) is 2.71. The van der Waals surface area contributed by atoms with E-state index in [1.54, 1.807) is 41.0 Å². The fourth-order valence-electron chi connectivity index (χ4n) is 3.26. The van der Waals surface area contributed by atoms with E-state index >= 15 is 0 Å². The highest BCUT2D eigenvalue weighted by Crippen LogP contribution is 2.32. The Morgan fingerprint density at radius 3 is 2.71 bits per heavy atom. The van der Waals surface area contributed by atoms with Crippen LogP contribution in [0.4, 0.5) is 19.1 Å². The average molecular weight is 429 g/mol. The number of nitrogens with one attached hydrogen (secondary N) is 1. The number of anilines is 1. The molecule has 31 heavy (non-hydrogen) atoms. The SMILES string of the molecule is COc1cccc(CC(=O)Nc2nc3cc(C(F)(F)F)ccc3n2Cc2ccco2)c1. The van der Waals surface area contributed by atoms with Gasteiger partial charge in [-0.05, 0) is 48.0 Å². The number of hydrogen-bond acceptors (Lipinski definition) is 4. The number of amides is 1. The molecule has 0 saturated carbocycles. The highest BCUT2D eigenvalue weighted by atomic mass is 19.4. The number of imidazole rings is 1. The molecule has 0 fully saturated rings. The molecule has 2 aromatic heterocycles. The molecule has 0 radical (unpaired) electrons. The van der Waals surface area contributed by atoms with Crippen molar-refractivity contribution in [2.75, 3.05) is 12.4 Å². The van der Waals surface area contributed by atoms with Gasteiger partial charge in [-0.3, -0.25) is 10.1 Å². The molecule has 0 aliphatic heterocycles. The molecule has 2 heterocycles. The zero-order valence-electron chi connectivity index (χ0n) is 16.4. The van der Waals surface area contributed by atoms with Gasteiger partial charge >= 0.3 is 6.18 Å². The van der Waals surface area contributed by atoms with Crippen LogP contribution in [0.5, 0.6) is 5.75 Å². The van der Waals surface area contributed by atoms with Crippen molar-refractivity contribution in [2.45, 2.75) is 19.1 Å². The smallest absolute Gasteiger partial charge is 0.416 e. The van der Waals surface area contributed by atoms with Crippen LogP contribution in [0.15, 0.2) is 65.3 Å². The number of ether oxygens (including phenoxy) is 1.